The average Bonchev–Trinajstić information content (AvgIpc) is 2.98. The molecular weight excluding hydrogens is 584 g/mol. The molecule has 4 unspecified atom stereocenters. The fourth-order valence-corrected chi connectivity index (χ4v) is 3.14. The monoisotopic (exact) mass is 653 g/mol. The first kappa shape index (κ1) is 49.6. The van der Waals surface area contributed by atoms with Gasteiger partial charge in [-0.25, -0.2) is 0 Å². The maximum Gasteiger partial charge on any atom is 0.247 e. The zero-order valence-electron chi connectivity index (χ0n) is 31.5. The van der Waals surface area contributed by atoms with Crippen molar-refractivity contribution in [2.24, 2.45) is 0 Å². The van der Waals surface area contributed by atoms with E-state index in [1.54, 1.807) is 13.8 Å². The van der Waals surface area contributed by atoms with Gasteiger partial charge in [-0.05, 0) is 108 Å². The predicted octanol–water partition coefficient (Wildman–Crippen LogP) is 3.13. The number of amides is 4. The highest BCUT2D eigenvalue weighted by Crippen LogP contribution is 1.97. The van der Waals surface area contributed by atoms with Gasteiger partial charge in [0.2, 0.25) is 23.6 Å². The molecule has 0 aromatic carbocycles. The second-order valence-electron chi connectivity index (χ2n) is 11.0. The summed E-state index contributed by atoms with van der Waals surface area (Å²) in [6, 6.07) is 0. The predicted molar refractivity (Wildman–Crippen MR) is 194 cm³/mol. The number of nitrogens with one attached hydrogen (secondary N) is 4. The molecule has 0 saturated carbocycles. The molecule has 0 aromatic heterocycles. The van der Waals surface area contributed by atoms with Gasteiger partial charge in [0, 0.05) is 11.1 Å². The summed E-state index contributed by atoms with van der Waals surface area (Å²) in [4.78, 5) is 52.0. The van der Waals surface area contributed by atoms with Gasteiger partial charge < -0.3 is 21.3 Å². The average molecular weight is 653 g/mol. The number of rotatable bonds is 16. The molecule has 0 radical (unpaired) electrons. The molecule has 268 valence electrons. The topological polar surface area (TPSA) is 129 Å². The molecule has 0 heterocycles. The standard InChI is InChI=1S/C10H20N2O.C9H18N2O.C8H16N2O.C7H14N2O/c1-6-12(7-2)9(5)11-10(13)8(3)4;1-5-9(12)10-8(4)11(6-2)7-3;1-6(2)8(11)9-7(3)10(4)5;1-5-7(10)8-6(2)9(3)4/h9H,3,6-7H2,1-2,4-5H3,(H,11,13);5,8H,1,6-7H2,2-4H3,(H,10,12);7H,1H2,2-5H3,(H,9,11);5-6H,1H2,2-4H3,(H,8,10). The van der Waals surface area contributed by atoms with Crippen molar-refractivity contribution in [3.8, 4) is 0 Å². The molecule has 4 N–H and O–H groups in total. The molecule has 0 aliphatic carbocycles. The number of hydrogen-bond donors (Lipinski definition) is 4. The largest absolute Gasteiger partial charge is 0.337 e. The minimum Gasteiger partial charge on any atom is -0.337 e. The van der Waals surface area contributed by atoms with Crippen LogP contribution in [0.5, 0.6) is 0 Å². The lowest BCUT2D eigenvalue weighted by molar-refractivity contribution is -0.119. The minimum absolute atomic E-state index is 0.0548. The first-order valence-electron chi connectivity index (χ1n) is 15.8. The Morgan fingerprint density at radius 3 is 1.02 bits per heavy atom. The molecule has 12 nitrogen and oxygen atoms in total. The van der Waals surface area contributed by atoms with Gasteiger partial charge in [-0.3, -0.25) is 38.8 Å². The van der Waals surface area contributed by atoms with E-state index in [2.05, 4.69) is 85.1 Å². The first-order valence-corrected chi connectivity index (χ1v) is 15.8. The summed E-state index contributed by atoms with van der Waals surface area (Å²) in [6.07, 6.45) is 2.84. The quantitative estimate of drug-likeness (QED) is 0.148. The molecule has 0 bridgehead atoms. The second kappa shape index (κ2) is 29.1. The molecule has 46 heavy (non-hydrogen) atoms. The Hall–Kier alpha value is -3.32. The van der Waals surface area contributed by atoms with Gasteiger partial charge in [0.15, 0.2) is 0 Å². The third kappa shape index (κ3) is 27.0. The zero-order chi connectivity index (χ0) is 37.2. The Kier molecular flexibility index (Phi) is 31.4. The molecule has 0 rings (SSSR count). The lowest BCUT2D eigenvalue weighted by Crippen LogP contribution is -2.46. The Labute approximate surface area is 281 Å². The highest BCUT2D eigenvalue weighted by Gasteiger charge is 2.13. The summed E-state index contributed by atoms with van der Waals surface area (Å²) in [5.41, 5.74) is 1.10. The van der Waals surface area contributed by atoms with Crippen LogP contribution in [0.4, 0.5) is 0 Å². The van der Waals surface area contributed by atoms with Crippen molar-refractivity contribution >= 4 is 23.6 Å². The first-order chi connectivity index (χ1) is 21.2. The van der Waals surface area contributed by atoms with E-state index in [0.29, 0.717) is 11.1 Å². The molecule has 0 saturated heterocycles. The van der Waals surface area contributed by atoms with Crippen molar-refractivity contribution in [2.45, 2.75) is 93.9 Å². The second-order valence-corrected chi connectivity index (χ2v) is 11.0. The van der Waals surface area contributed by atoms with Gasteiger partial charge >= 0.3 is 0 Å². The van der Waals surface area contributed by atoms with Crippen molar-refractivity contribution in [3.05, 3.63) is 49.6 Å². The van der Waals surface area contributed by atoms with Gasteiger partial charge in [-0.1, -0.05) is 54.0 Å². The van der Waals surface area contributed by atoms with E-state index < -0.39 is 0 Å². The molecule has 0 fully saturated rings. The lowest BCUT2D eigenvalue weighted by atomic mass is 10.3. The van der Waals surface area contributed by atoms with Crippen LogP contribution in [0, 0.1) is 0 Å². The summed E-state index contributed by atoms with van der Waals surface area (Å²) in [6.45, 7) is 37.1. The van der Waals surface area contributed by atoms with Crippen LogP contribution >= 0.6 is 0 Å². The highest BCUT2D eigenvalue weighted by atomic mass is 16.2. The molecular formula is C34H68N8O4. The maximum absolute atomic E-state index is 11.3. The van der Waals surface area contributed by atoms with Crippen LogP contribution in [0.2, 0.25) is 0 Å². The number of hydrogen-bond acceptors (Lipinski definition) is 8. The molecule has 0 aliphatic heterocycles. The Balaban J connectivity index is -0.000000257. The van der Waals surface area contributed by atoms with Crippen LogP contribution in [0.15, 0.2) is 49.6 Å². The van der Waals surface area contributed by atoms with Gasteiger partial charge in [0.25, 0.3) is 0 Å². The van der Waals surface area contributed by atoms with E-state index in [1.165, 1.54) is 12.2 Å². The van der Waals surface area contributed by atoms with Crippen LogP contribution in [-0.4, -0.2) is 122 Å². The molecule has 0 aliphatic rings. The summed E-state index contributed by atoms with van der Waals surface area (Å²) in [7, 11) is 7.61. The third-order valence-electron chi connectivity index (χ3n) is 6.80. The number of carbonyl (C=O) groups excluding carboxylic acids is 4. The molecule has 0 aromatic rings. The van der Waals surface area contributed by atoms with Crippen molar-refractivity contribution in [2.75, 3.05) is 54.4 Å². The normalized spacial score (nSPS) is 12.7. The van der Waals surface area contributed by atoms with E-state index in [0.717, 1.165) is 26.2 Å². The smallest absolute Gasteiger partial charge is 0.247 e. The van der Waals surface area contributed by atoms with Crippen molar-refractivity contribution < 1.29 is 19.2 Å². The van der Waals surface area contributed by atoms with Crippen LogP contribution in [0.3, 0.4) is 0 Å². The van der Waals surface area contributed by atoms with Gasteiger partial charge in [0.1, 0.15) is 0 Å². The zero-order valence-corrected chi connectivity index (χ0v) is 31.5. The summed E-state index contributed by atoms with van der Waals surface area (Å²) in [5, 5.41) is 11.1. The summed E-state index contributed by atoms with van der Waals surface area (Å²) in [5.74, 6) is -0.416. The Morgan fingerprint density at radius 1 is 0.543 bits per heavy atom. The lowest BCUT2D eigenvalue weighted by Gasteiger charge is -2.26. The molecule has 0 spiro atoms. The minimum atomic E-state index is -0.138. The molecule has 4 atom stereocenters. The van der Waals surface area contributed by atoms with Gasteiger partial charge in [0.05, 0.1) is 24.7 Å². The maximum atomic E-state index is 11.3. The van der Waals surface area contributed by atoms with E-state index >= 15 is 0 Å². The summed E-state index contributed by atoms with van der Waals surface area (Å²) >= 11 is 0. The van der Waals surface area contributed by atoms with E-state index in [4.69, 9.17) is 0 Å². The van der Waals surface area contributed by atoms with Gasteiger partial charge in [-0.15, -0.1) is 0 Å². The van der Waals surface area contributed by atoms with Crippen molar-refractivity contribution in [1.82, 2.24) is 40.9 Å². The Bertz CT molecular complexity index is 928. The Morgan fingerprint density at radius 2 is 0.783 bits per heavy atom. The van der Waals surface area contributed by atoms with E-state index in [1.807, 2.05) is 65.7 Å². The van der Waals surface area contributed by atoms with Crippen LogP contribution in [0.25, 0.3) is 0 Å². The van der Waals surface area contributed by atoms with E-state index in [9.17, 15) is 19.2 Å². The third-order valence-corrected chi connectivity index (χ3v) is 6.80. The van der Waals surface area contributed by atoms with E-state index in [-0.39, 0.29) is 48.3 Å². The van der Waals surface area contributed by atoms with Crippen LogP contribution < -0.4 is 21.3 Å². The van der Waals surface area contributed by atoms with Gasteiger partial charge in [-0.2, -0.15) is 0 Å². The summed E-state index contributed by atoms with van der Waals surface area (Å²) < 4.78 is 0. The molecule has 4 amide bonds. The van der Waals surface area contributed by atoms with Crippen molar-refractivity contribution in [3.63, 3.8) is 0 Å². The fourth-order valence-electron chi connectivity index (χ4n) is 3.14. The highest BCUT2D eigenvalue weighted by molar-refractivity contribution is 5.92. The van der Waals surface area contributed by atoms with Crippen molar-refractivity contribution in [1.29, 1.82) is 0 Å². The fraction of sp³-hybridized carbons (Fsp3) is 0.647. The number of carbonyl (C=O) groups is 4. The molecule has 12 heteroatoms. The number of nitrogens with zero attached hydrogens (tertiary/aromatic N) is 4. The SMILES string of the molecule is C=C(C)C(=O)NC(C)N(C)C.C=C(C)C(=O)NC(C)N(CC)CC.C=CC(=O)NC(C)N(C)C.C=CC(=O)NC(C)N(CC)CC. The van der Waals surface area contributed by atoms with Crippen LogP contribution in [-0.2, 0) is 19.2 Å². The van der Waals surface area contributed by atoms with Crippen LogP contribution in [0.1, 0.15) is 69.2 Å².